The van der Waals surface area contributed by atoms with Gasteiger partial charge in [0, 0.05) is 18.6 Å². The van der Waals surface area contributed by atoms with E-state index in [1.54, 1.807) is 7.11 Å². The number of ketones is 1. The lowest BCUT2D eigenvalue weighted by Crippen LogP contribution is -2.52. The van der Waals surface area contributed by atoms with Gasteiger partial charge in [-0.05, 0) is 37.1 Å². The maximum absolute atomic E-state index is 11.6. The highest BCUT2D eigenvalue weighted by Gasteiger charge is 2.43. The fraction of sp³-hybridized carbons (Fsp3) is 0.533. The number of hydrogen-bond acceptors (Lipinski definition) is 4. The van der Waals surface area contributed by atoms with Crippen molar-refractivity contribution in [3.63, 3.8) is 0 Å². The maximum atomic E-state index is 11.6. The minimum Gasteiger partial charge on any atom is -0.486 e. The van der Waals surface area contributed by atoms with Crippen LogP contribution in [0.15, 0.2) is 12.1 Å². The molecule has 5 heteroatoms. The second kappa shape index (κ2) is 6.57. The number of Topliss-reactive ketones (excluding diaryl/α,β-unsaturated/α-hetero) is 1. The number of carbonyl (C=O) groups is 1. The molecule has 4 nitrogen and oxygen atoms in total. The molecule has 0 N–H and O–H groups in total. The summed E-state index contributed by atoms with van der Waals surface area (Å²) in [7, 11) is 1.60. The van der Waals surface area contributed by atoms with Crippen molar-refractivity contribution in [2.24, 2.45) is 0 Å². The first-order valence-electron chi connectivity index (χ1n) is 6.59. The van der Waals surface area contributed by atoms with Crippen molar-refractivity contribution < 1.29 is 19.0 Å². The van der Waals surface area contributed by atoms with E-state index in [0.717, 1.165) is 16.9 Å². The third-order valence-electron chi connectivity index (χ3n) is 3.34. The minimum absolute atomic E-state index is 0.0790. The molecule has 2 unspecified atom stereocenters. The van der Waals surface area contributed by atoms with E-state index >= 15 is 0 Å². The molecule has 2 atom stereocenters. The van der Waals surface area contributed by atoms with E-state index in [0.29, 0.717) is 24.7 Å². The van der Waals surface area contributed by atoms with E-state index in [4.69, 9.17) is 25.8 Å². The Morgan fingerprint density at radius 2 is 1.90 bits per heavy atom. The summed E-state index contributed by atoms with van der Waals surface area (Å²) < 4.78 is 16.3. The van der Waals surface area contributed by atoms with Crippen molar-refractivity contribution in [2.75, 3.05) is 20.3 Å². The van der Waals surface area contributed by atoms with E-state index in [9.17, 15) is 4.79 Å². The molecule has 0 radical (unpaired) electrons. The van der Waals surface area contributed by atoms with Crippen LogP contribution < -0.4 is 4.74 Å². The highest BCUT2D eigenvalue weighted by Crippen LogP contribution is 2.32. The molecule has 1 aromatic carbocycles. The summed E-state index contributed by atoms with van der Waals surface area (Å²) in [6.45, 7) is 4.74. The molecule has 20 heavy (non-hydrogen) atoms. The molecule has 2 rings (SSSR count). The second-order valence-corrected chi connectivity index (χ2v) is 5.42. The molecule has 0 aromatic heterocycles. The van der Waals surface area contributed by atoms with Crippen LogP contribution in [-0.4, -0.2) is 38.3 Å². The molecule has 0 saturated heterocycles. The first-order chi connectivity index (χ1) is 9.52. The number of aryl methyl sites for hydroxylation is 2. The van der Waals surface area contributed by atoms with Gasteiger partial charge in [-0.3, -0.25) is 4.79 Å². The summed E-state index contributed by atoms with van der Waals surface area (Å²) in [6.07, 6.45) is -0.323. The van der Waals surface area contributed by atoms with Gasteiger partial charge in [0.25, 0.3) is 0 Å². The summed E-state index contributed by atoms with van der Waals surface area (Å²) in [4.78, 5) is 11.6. The van der Waals surface area contributed by atoms with E-state index < -0.39 is 6.10 Å². The number of hydrogen-bond donors (Lipinski definition) is 0. The van der Waals surface area contributed by atoms with E-state index in [1.165, 1.54) is 0 Å². The molecule has 1 saturated carbocycles. The normalized spacial score (nSPS) is 21.7. The Labute approximate surface area is 124 Å². The van der Waals surface area contributed by atoms with Gasteiger partial charge in [-0.1, -0.05) is 11.6 Å². The van der Waals surface area contributed by atoms with Crippen LogP contribution in [0.5, 0.6) is 5.75 Å². The first-order valence-corrected chi connectivity index (χ1v) is 6.97. The molecular weight excluding hydrogens is 280 g/mol. The van der Waals surface area contributed by atoms with Crippen molar-refractivity contribution >= 4 is 17.4 Å². The number of halogens is 1. The molecular formula is C15H19ClO4. The summed E-state index contributed by atoms with van der Waals surface area (Å²) in [5.41, 5.74) is 1.93. The number of rotatable bonds is 6. The topological polar surface area (TPSA) is 44.8 Å². The first kappa shape index (κ1) is 15.3. The minimum atomic E-state index is -0.486. The van der Waals surface area contributed by atoms with Gasteiger partial charge in [-0.15, -0.1) is 0 Å². The Hall–Kier alpha value is -1.10. The van der Waals surface area contributed by atoms with Gasteiger partial charge in [0.05, 0.1) is 13.2 Å². The second-order valence-electron chi connectivity index (χ2n) is 4.98. The van der Waals surface area contributed by atoms with Gasteiger partial charge in [0.15, 0.2) is 11.9 Å². The molecule has 1 aromatic rings. The molecule has 0 aliphatic heterocycles. The highest BCUT2D eigenvalue weighted by molar-refractivity contribution is 6.30. The molecule has 0 bridgehead atoms. The summed E-state index contributed by atoms with van der Waals surface area (Å²) in [5, 5.41) is 0.685. The Balaban J connectivity index is 2.01. The van der Waals surface area contributed by atoms with Crippen LogP contribution in [0.25, 0.3) is 0 Å². The zero-order valence-electron chi connectivity index (χ0n) is 11.9. The largest absolute Gasteiger partial charge is 0.486 e. The van der Waals surface area contributed by atoms with Gasteiger partial charge >= 0.3 is 0 Å². The Morgan fingerprint density at radius 1 is 1.25 bits per heavy atom. The average molecular weight is 299 g/mol. The summed E-state index contributed by atoms with van der Waals surface area (Å²) in [5.74, 6) is 0.864. The summed E-state index contributed by atoms with van der Waals surface area (Å²) in [6, 6.07) is 3.70. The van der Waals surface area contributed by atoms with Gasteiger partial charge in [0.2, 0.25) is 0 Å². The van der Waals surface area contributed by atoms with Crippen LogP contribution in [0, 0.1) is 13.8 Å². The lowest BCUT2D eigenvalue weighted by molar-refractivity contribution is -0.156. The maximum Gasteiger partial charge on any atom is 0.169 e. The highest BCUT2D eigenvalue weighted by atomic mass is 35.5. The van der Waals surface area contributed by atoms with E-state index in [2.05, 4.69) is 0 Å². The van der Waals surface area contributed by atoms with Crippen molar-refractivity contribution in [2.45, 2.75) is 32.5 Å². The van der Waals surface area contributed by atoms with Crippen LogP contribution in [0.4, 0.5) is 0 Å². The standard InChI is InChI=1S/C15H19ClO4/c1-9-6-11(16)7-10(2)14(9)20-13-8-12(17)15(13)19-5-4-18-3/h6-7,13,15H,4-5,8H2,1-3H3. The number of carbonyl (C=O) groups excluding carboxylic acids is 1. The van der Waals surface area contributed by atoms with E-state index in [1.807, 2.05) is 26.0 Å². The predicted molar refractivity (Wildman–Crippen MR) is 76.6 cm³/mol. The molecule has 110 valence electrons. The predicted octanol–water partition coefficient (Wildman–Crippen LogP) is 2.71. The third-order valence-corrected chi connectivity index (χ3v) is 3.55. The molecule has 0 amide bonds. The van der Waals surface area contributed by atoms with Gasteiger partial charge in [-0.2, -0.15) is 0 Å². The number of benzene rings is 1. The van der Waals surface area contributed by atoms with E-state index in [-0.39, 0.29) is 11.9 Å². The van der Waals surface area contributed by atoms with Crippen LogP contribution in [0.2, 0.25) is 5.02 Å². The van der Waals surface area contributed by atoms with Crippen molar-refractivity contribution in [1.29, 1.82) is 0 Å². The van der Waals surface area contributed by atoms with Crippen LogP contribution in [0.3, 0.4) is 0 Å². The van der Waals surface area contributed by atoms with Gasteiger partial charge < -0.3 is 14.2 Å². The Bertz CT molecular complexity index is 478. The lowest BCUT2D eigenvalue weighted by Gasteiger charge is -2.35. The fourth-order valence-corrected chi connectivity index (χ4v) is 2.59. The Kier molecular flexibility index (Phi) is 5.02. The van der Waals surface area contributed by atoms with Crippen LogP contribution >= 0.6 is 11.6 Å². The SMILES string of the molecule is COCCOC1C(=O)CC1Oc1c(C)cc(Cl)cc1C. The average Bonchev–Trinajstić information content (AvgIpc) is 2.37. The Morgan fingerprint density at radius 3 is 2.45 bits per heavy atom. The molecule has 0 spiro atoms. The molecule has 1 aliphatic rings. The van der Waals surface area contributed by atoms with Crippen molar-refractivity contribution in [3.8, 4) is 5.75 Å². The molecule has 1 fully saturated rings. The molecule has 1 aliphatic carbocycles. The molecule has 0 heterocycles. The van der Waals surface area contributed by atoms with Crippen molar-refractivity contribution in [3.05, 3.63) is 28.3 Å². The third kappa shape index (κ3) is 3.32. The lowest BCUT2D eigenvalue weighted by atomic mass is 9.89. The summed E-state index contributed by atoms with van der Waals surface area (Å²) >= 11 is 5.99. The zero-order chi connectivity index (χ0) is 14.7. The quantitative estimate of drug-likeness (QED) is 0.758. The monoisotopic (exact) mass is 298 g/mol. The fourth-order valence-electron chi connectivity index (χ4n) is 2.27. The van der Waals surface area contributed by atoms with Gasteiger partial charge in [-0.25, -0.2) is 0 Å². The number of methoxy groups -OCH3 is 1. The van der Waals surface area contributed by atoms with Crippen molar-refractivity contribution in [1.82, 2.24) is 0 Å². The van der Waals surface area contributed by atoms with Crippen LogP contribution in [-0.2, 0) is 14.3 Å². The smallest absolute Gasteiger partial charge is 0.169 e. The van der Waals surface area contributed by atoms with Gasteiger partial charge in [0.1, 0.15) is 11.9 Å². The zero-order valence-corrected chi connectivity index (χ0v) is 12.7. The number of ether oxygens (including phenoxy) is 3. The van der Waals surface area contributed by atoms with Crippen LogP contribution in [0.1, 0.15) is 17.5 Å².